The van der Waals surface area contributed by atoms with Crippen LogP contribution in [0.5, 0.6) is 5.75 Å². The number of imidazole rings is 1. The number of H-pyrrole nitrogens is 1. The zero-order chi connectivity index (χ0) is 34.6. The Hall–Kier alpha value is -3.48. The molecule has 3 amide bonds. The van der Waals surface area contributed by atoms with Gasteiger partial charge in [-0.15, -0.1) is 0 Å². The predicted octanol–water partition coefficient (Wildman–Crippen LogP) is 2.52. The maximum atomic E-state index is 14.0. The Labute approximate surface area is 279 Å². The van der Waals surface area contributed by atoms with Gasteiger partial charge in [0.1, 0.15) is 23.9 Å². The number of carbonyl (C=O) groups is 3. The van der Waals surface area contributed by atoms with Crippen molar-refractivity contribution in [3.8, 4) is 5.75 Å². The number of hydrogen-bond donors (Lipinski definition) is 7. The lowest BCUT2D eigenvalue weighted by molar-refractivity contribution is -0.133. The molecule has 1 heterocycles. The summed E-state index contributed by atoms with van der Waals surface area (Å²) in [6, 6.07) is 4.39. The van der Waals surface area contributed by atoms with Gasteiger partial charge in [-0.1, -0.05) is 58.1 Å². The highest BCUT2D eigenvalue weighted by molar-refractivity contribution is 5.92. The van der Waals surface area contributed by atoms with Crippen molar-refractivity contribution >= 4 is 17.7 Å². The molecule has 0 aliphatic heterocycles. The van der Waals surface area contributed by atoms with E-state index in [2.05, 4.69) is 25.9 Å². The minimum atomic E-state index is -1.17. The minimum absolute atomic E-state index is 0.00308. The van der Waals surface area contributed by atoms with Gasteiger partial charge < -0.3 is 41.6 Å². The summed E-state index contributed by atoms with van der Waals surface area (Å²) in [6.45, 7) is 7.39. The number of aliphatic hydroxyl groups is 2. The first kappa shape index (κ1) is 38.0. The number of aromatic amines is 1. The monoisotopic (exact) mass is 656 g/mol. The Morgan fingerprint density at radius 3 is 2.21 bits per heavy atom. The number of benzene rings is 1. The number of hydrogen-bond acceptors (Lipinski definition) is 8. The fourth-order valence-corrected chi connectivity index (χ4v) is 6.20. The van der Waals surface area contributed by atoms with Crippen molar-refractivity contribution in [3.63, 3.8) is 0 Å². The van der Waals surface area contributed by atoms with Crippen LogP contribution in [0, 0.1) is 11.8 Å². The van der Waals surface area contributed by atoms with E-state index in [1.54, 1.807) is 39.3 Å². The molecule has 3 rings (SSSR count). The molecule has 5 atom stereocenters. The second-order valence-electron chi connectivity index (χ2n) is 14.2. The standard InChI is InChI=1S/C35H56N6O6/c1-22(2)15-30(42)32(44)27(16-23-9-7-6-8-10-23)40-34(46)29(18-25-20-37-21-38-25)41-33(45)28(39-31(43)19-35(3,4)36)17-24-11-13-26(47-5)14-12-24/h11-14,20-23,27-30,32,42,44H,6-10,15-19,36H2,1-5H3,(H,37,38)(H,39,43)(H,40,46)(H,41,45)/t27?,28-,29-,30?,32?/m0/s1. The first-order chi connectivity index (χ1) is 22.2. The molecular weight excluding hydrogens is 600 g/mol. The smallest absolute Gasteiger partial charge is 0.243 e. The Balaban J connectivity index is 1.85. The predicted molar refractivity (Wildman–Crippen MR) is 180 cm³/mol. The molecule has 1 fully saturated rings. The molecule has 1 aromatic heterocycles. The van der Waals surface area contributed by atoms with Gasteiger partial charge in [0.2, 0.25) is 17.7 Å². The molecule has 3 unspecified atom stereocenters. The SMILES string of the molecule is COc1ccc(C[C@H](NC(=O)CC(C)(C)N)C(=O)N[C@@H](Cc2cnc[nH]2)C(=O)NC(CC2CCCCC2)C(O)C(O)CC(C)C)cc1. The molecule has 12 heteroatoms. The molecule has 0 saturated heterocycles. The second kappa shape index (κ2) is 18.2. The maximum Gasteiger partial charge on any atom is 0.243 e. The van der Waals surface area contributed by atoms with E-state index in [4.69, 9.17) is 10.5 Å². The van der Waals surface area contributed by atoms with E-state index in [0.717, 1.165) is 31.2 Å². The lowest BCUT2D eigenvalue weighted by atomic mass is 9.82. The number of carbonyl (C=O) groups excluding carboxylic acids is 3. The molecule has 0 bridgehead atoms. The third kappa shape index (κ3) is 13.3. The Bertz CT molecular complexity index is 1240. The number of methoxy groups -OCH3 is 1. The van der Waals surface area contributed by atoms with Crippen molar-refractivity contribution in [2.45, 2.75) is 128 Å². The number of aliphatic hydroxyl groups excluding tert-OH is 2. The summed E-state index contributed by atoms with van der Waals surface area (Å²) >= 11 is 0. The van der Waals surface area contributed by atoms with Gasteiger partial charge in [0.25, 0.3) is 0 Å². The van der Waals surface area contributed by atoms with E-state index >= 15 is 0 Å². The molecule has 1 aromatic carbocycles. The van der Waals surface area contributed by atoms with Crippen LogP contribution in [-0.4, -0.2) is 80.9 Å². The molecular formula is C35H56N6O6. The van der Waals surface area contributed by atoms with Crippen LogP contribution in [0.15, 0.2) is 36.8 Å². The number of amides is 3. The second-order valence-corrected chi connectivity index (χ2v) is 14.2. The van der Waals surface area contributed by atoms with Gasteiger partial charge in [0, 0.05) is 36.7 Å². The molecule has 1 aliphatic carbocycles. The first-order valence-corrected chi connectivity index (χ1v) is 16.9. The Kier molecular flexibility index (Phi) is 14.7. The van der Waals surface area contributed by atoms with Crippen LogP contribution >= 0.6 is 0 Å². The maximum absolute atomic E-state index is 14.0. The van der Waals surface area contributed by atoms with Gasteiger partial charge >= 0.3 is 0 Å². The first-order valence-electron chi connectivity index (χ1n) is 16.9. The number of rotatable bonds is 18. The highest BCUT2D eigenvalue weighted by Gasteiger charge is 2.34. The van der Waals surface area contributed by atoms with Crippen molar-refractivity contribution in [1.82, 2.24) is 25.9 Å². The highest BCUT2D eigenvalue weighted by atomic mass is 16.5. The van der Waals surface area contributed by atoms with Crippen molar-refractivity contribution in [2.75, 3.05) is 7.11 Å². The van der Waals surface area contributed by atoms with Crippen LogP contribution in [0.2, 0.25) is 0 Å². The molecule has 47 heavy (non-hydrogen) atoms. The quantitative estimate of drug-likeness (QED) is 0.127. The van der Waals surface area contributed by atoms with Crippen molar-refractivity contribution in [1.29, 1.82) is 0 Å². The average Bonchev–Trinajstić information content (AvgIpc) is 3.52. The number of aromatic nitrogens is 2. The summed E-state index contributed by atoms with van der Waals surface area (Å²) < 4.78 is 5.25. The van der Waals surface area contributed by atoms with E-state index in [9.17, 15) is 24.6 Å². The summed E-state index contributed by atoms with van der Waals surface area (Å²) in [7, 11) is 1.56. The van der Waals surface area contributed by atoms with Gasteiger partial charge in [-0.2, -0.15) is 0 Å². The van der Waals surface area contributed by atoms with Crippen LogP contribution in [-0.2, 0) is 27.2 Å². The zero-order valence-corrected chi connectivity index (χ0v) is 28.6. The van der Waals surface area contributed by atoms with Crippen molar-refractivity contribution in [2.24, 2.45) is 17.6 Å². The molecule has 1 aliphatic rings. The van der Waals surface area contributed by atoms with Gasteiger partial charge in [-0.25, -0.2) is 4.98 Å². The Morgan fingerprint density at radius 1 is 1.00 bits per heavy atom. The van der Waals surface area contributed by atoms with Crippen molar-refractivity contribution < 1.29 is 29.3 Å². The molecule has 262 valence electrons. The van der Waals surface area contributed by atoms with Crippen molar-refractivity contribution in [3.05, 3.63) is 48.0 Å². The third-order valence-electron chi connectivity index (χ3n) is 8.64. The summed E-state index contributed by atoms with van der Waals surface area (Å²) in [5.74, 6) is -0.318. The minimum Gasteiger partial charge on any atom is -0.497 e. The molecule has 8 N–H and O–H groups in total. The van der Waals surface area contributed by atoms with Gasteiger partial charge in [-0.05, 0) is 56.2 Å². The van der Waals surface area contributed by atoms with E-state index in [1.807, 2.05) is 26.0 Å². The number of nitrogens with zero attached hydrogens (tertiary/aromatic N) is 1. The molecule has 1 saturated carbocycles. The van der Waals surface area contributed by atoms with Crippen LogP contribution in [0.3, 0.4) is 0 Å². The number of nitrogens with one attached hydrogen (secondary N) is 4. The third-order valence-corrected chi connectivity index (χ3v) is 8.64. The van der Waals surface area contributed by atoms with Gasteiger partial charge in [0.15, 0.2) is 0 Å². The lowest BCUT2D eigenvalue weighted by Gasteiger charge is -2.34. The average molecular weight is 657 g/mol. The summed E-state index contributed by atoms with van der Waals surface area (Å²) in [5, 5.41) is 30.8. The van der Waals surface area contributed by atoms with Crippen LogP contribution in [0.25, 0.3) is 0 Å². The summed E-state index contributed by atoms with van der Waals surface area (Å²) in [6.07, 6.45) is 7.41. The van der Waals surface area contributed by atoms with Gasteiger partial charge in [0.05, 0.1) is 25.6 Å². The normalized spacial score (nSPS) is 17.3. The summed E-state index contributed by atoms with van der Waals surface area (Å²) in [4.78, 5) is 47.9. The number of nitrogens with two attached hydrogens (primary N) is 1. The van der Waals surface area contributed by atoms with Crippen LogP contribution < -0.4 is 26.4 Å². The fourth-order valence-electron chi connectivity index (χ4n) is 6.20. The van der Waals surface area contributed by atoms with E-state index in [-0.39, 0.29) is 25.2 Å². The van der Waals surface area contributed by atoms with Crippen LogP contribution in [0.4, 0.5) is 0 Å². The molecule has 0 spiro atoms. The van der Waals surface area contributed by atoms with Gasteiger partial charge in [-0.3, -0.25) is 14.4 Å². The fraction of sp³-hybridized carbons (Fsp3) is 0.657. The molecule has 12 nitrogen and oxygen atoms in total. The topological polar surface area (TPSA) is 192 Å². The molecule has 0 radical (unpaired) electrons. The van der Waals surface area contributed by atoms with E-state index in [0.29, 0.717) is 30.2 Å². The largest absolute Gasteiger partial charge is 0.497 e. The van der Waals surface area contributed by atoms with E-state index in [1.165, 1.54) is 12.7 Å². The van der Waals surface area contributed by atoms with Crippen LogP contribution in [0.1, 0.15) is 90.3 Å². The Morgan fingerprint density at radius 2 is 1.64 bits per heavy atom. The van der Waals surface area contributed by atoms with E-state index < -0.39 is 53.6 Å². The molecule has 2 aromatic rings. The number of ether oxygens (including phenoxy) is 1. The summed E-state index contributed by atoms with van der Waals surface area (Å²) in [5.41, 5.74) is 6.69. The zero-order valence-electron chi connectivity index (χ0n) is 28.6. The highest BCUT2D eigenvalue weighted by Crippen LogP contribution is 2.29. The lowest BCUT2D eigenvalue weighted by Crippen LogP contribution is -2.58.